The second-order valence-electron chi connectivity index (χ2n) is 5.59. The SMILES string of the molecule is N#Cc1ccccc1OCc1ccc(C(=O)N2CCCC2)cc1. The number of benzene rings is 2. The van der Waals surface area contributed by atoms with Crippen molar-refractivity contribution in [3.63, 3.8) is 0 Å². The van der Waals surface area contributed by atoms with Crippen LogP contribution in [-0.4, -0.2) is 23.9 Å². The lowest BCUT2D eigenvalue weighted by atomic mass is 10.1. The van der Waals surface area contributed by atoms with E-state index >= 15 is 0 Å². The van der Waals surface area contributed by atoms with Crippen molar-refractivity contribution < 1.29 is 9.53 Å². The molecule has 23 heavy (non-hydrogen) atoms. The number of nitriles is 1. The van der Waals surface area contributed by atoms with E-state index in [2.05, 4.69) is 6.07 Å². The van der Waals surface area contributed by atoms with Crippen molar-refractivity contribution in [2.75, 3.05) is 13.1 Å². The fraction of sp³-hybridized carbons (Fsp3) is 0.263. The number of nitrogens with zero attached hydrogens (tertiary/aromatic N) is 2. The molecule has 0 radical (unpaired) electrons. The zero-order valence-corrected chi connectivity index (χ0v) is 12.9. The van der Waals surface area contributed by atoms with Crippen molar-refractivity contribution in [3.05, 3.63) is 65.2 Å². The van der Waals surface area contributed by atoms with Crippen molar-refractivity contribution in [2.45, 2.75) is 19.4 Å². The molecule has 0 bridgehead atoms. The molecule has 2 aromatic rings. The predicted octanol–water partition coefficient (Wildman–Crippen LogP) is 3.37. The van der Waals surface area contributed by atoms with Crippen molar-refractivity contribution in [1.82, 2.24) is 4.90 Å². The van der Waals surface area contributed by atoms with Gasteiger partial charge >= 0.3 is 0 Å². The van der Waals surface area contributed by atoms with Gasteiger partial charge in [-0.25, -0.2) is 0 Å². The van der Waals surface area contributed by atoms with Crippen LogP contribution in [0.25, 0.3) is 0 Å². The van der Waals surface area contributed by atoms with Gasteiger partial charge in [-0.1, -0.05) is 24.3 Å². The lowest BCUT2D eigenvalue weighted by Crippen LogP contribution is -2.27. The molecule has 0 aliphatic carbocycles. The van der Waals surface area contributed by atoms with E-state index in [0.717, 1.165) is 31.5 Å². The summed E-state index contributed by atoms with van der Waals surface area (Å²) in [7, 11) is 0. The van der Waals surface area contributed by atoms with E-state index in [9.17, 15) is 4.79 Å². The molecule has 0 atom stereocenters. The molecule has 1 fully saturated rings. The Morgan fingerprint density at radius 1 is 1.09 bits per heavy atom. The first-order chi connectivity index (χ1) is 11.3. The molecule has 1 aliphatic heterocycles. The van der Waals surface area contributed by atoms with Gasteiger partial charge in [0.05, 0.1) is 5.56 Å². The van der Waals surface area contributed by atoms with Crippen molar-refractivity contribution in [3.8, 4) is 11.8 Å². The summed E-state index contributed by atoms with van der Waals surface area (Å²) in [6.07, 6.45) is 2.19. The van der Waals surface area contributed by atoms with Gasteiger partial charge in [0.1, 0.15) is 18.4 Å². The predicted molar refractivity (Wildman–Crippen MR) is 87.1 cm³/mol. The molecule has 0 aromatic heterocycles. The van der Waals surface area contributed by atoms with Crippen molar-refractivity contribution in [1.29, 1.82) is 5.26 Å². The summed E-state index contributed by atoms with van der Waals surface area (Å²) in [5.74, 6) is 0.678. The number of ether oxygens (including phenoxy) is 1. The second kappa shape index (κ2) is 6.97. The summed E-state index contributed by atoms with van der Waals surface area (Å²) in [5, 5.41) is 9.04. The van der Waals surface area contributed by atoms with Gasteiger partial charge < -0.3 is 9.64 Å². The smallest absolute Gasteiger partial charge is 0.253 e. The van der Waals surface area contributed by atoms with Gasteiger partial charge in [0.25, 0.3) is 5.91 Å². The average molecular weight is 306 g/mol. The highest BCUT2D eigenvalue weighted by atomic mass is 16.5. The van der Waals surface area contributed by atoms with Gasteiger partial charge in [-0.05, 0) is 42.7 Å². The van der Waals surface area contributed by atoms with Crippen LogP contribution in [0.4, 0.5) is 0 Å². The van der Waals surface area contributed by atoms with Crippen LogP contribution in [0.2, 0.25) is 0 Å². The number of carbonyl (C=O) groups is 1. The number of hydrogen-bond acceptors (Lipinski definition) is 3. The molecule has 0 N–H and O–H groups in total. The van der Waals surface area contributed by atoms with E-state index < -0.39 is 0 Å². The Bertz CT molecular complexity index is 726. The number of para-hydroxylation sites is 1. The minimum Gasteiger partial charge on any atom is -0.488 e. The lowest BCUT2D eigenvalue weighted by molar-refractivity contribution is 0.0793. The fourth-order valence-electron chi connectivity index (χ4n) is 2.69. The van der Waals surface area contributed by atoms with Crippen LogP contribution in [-0.2, 0) is 6.61 Å². The van der Waals surface area contributed by atoms with Crippen molar-refractivity contribution in [2.24, 2.45) is 0 Å². The largest absolute Gasteiger partial charge is 0.488 e. The van der Waals surface area contributed by atoms with Gasteiger partial charge in [0, 0.05) is 18.7 Å². The monoisotopic (exact) mass is 306 g/mol. The zero-order valence-electron chi connectivity index (χ0n) is 12.9. The molecule has 4 nitrogen and oxygen atoms in total. The summed E-state index contributed by atoms with van der Waals surface area (Å²) in [6, 6.07) is 16.8. The summed E-state index contributed by atoms with van der Waals surface area (Å²) >= 11 is 0. The highest BCUT2D eigenvalue weighted by Crippen LogP contribution is 2.19. The first-order valence-electron chi connectivity index (χ1n) is 7.78. The average Bonchev–Trinajstić information content (AvgIpc) is 3.14. The first kappa shape index (κ1) is 15.1. The van der Waals surface area contributed by atoms with Gasteiger partial charge in [0.2, 0.25) is 0 Å². The number of carbonyl (C=O) groups excluding carboxylic acids is 1. The lowest BCUT2D eigenvalue weighted by Gasteiger charge is -2.15. The van der Waals surface area contributed by atoms with Crippen LogP contribution < -0.4 is 4.74 Å². The number of likely N-dealkylation sites (tertiary alicyclic amines) is 1. The highest BCUT2D eigenvalue weighted by molar-refractivity contribution is 5.94. The molecular formula is C19H18N2O2. The number of rotatable bonds is 4. The van der Waals surface area contributed by atoms with E-state index in [1.165, 1.54) is 0 Å². The molecule has 1 saturated heterocycles. The molecule has 1 aliphatic rings. The van der Waals surface area contributed by atoms with Gasteiger partial charge in [-0.3, -0.25) is 4.79 Å². The third-order valence-corrected chi connectivity index (χ3v) is 4.00. The third kappa shape index (κ3) is 3.51. The van der Waals surface area contributed by atoms with Gasteiger partial charge in [-0.15, -0.1) is 0 Å². The Kier molecular flexibility index (Phi) is 4.58. The zero-order chi connectivity index (χ0) is 16.1. The quantitative estimate of drug-likeness (QED) is 0.870. The van der Waals surface area contributed by atoms with Crippen LogP contribution in [0, 0.1) is 11.3 Å². The molecule has 1 amide bonds. The van der Waals surface area contributed by atoms with Crippen LogP contribution in [0.5, 0.6) is 5.75 Å². The number of amides is 1. The van der Waals surface area contributed by atoms with Crippen LogP contribution in [0.3, 0.4) is 0 Å². The Balaban J connectivity index is 1.63. The third-order valence-electron chi connectivity index (χ3n) is 4.00. The molecule has 4 heteroatoms. The summed E-state index contributed by atoms with van der Waals surface area (Å²) in [4.78, 5) is 14.2. The van der Waals surface area contributed by atoms with Crippen LogP contribution in [0.1, 0.15) is 34.3 Å². The van der Waals surface area contributed by atoms with E-state index in [4.69, 9.17) is 10.00 Å². The maximum Gasteiger partial charge on any atom is 0.253 e. The van der Waals surface area contributed by atoms with Gasteiger partial charge in [0.15, 0.2) is 0 Å². The van der Waals surface area contributed by atoms with E-state index in [-0.39, 0.29) is 5.91 Å². The number of hydrogen-bond donors (Lipinski definition) is 0. The Morgan fingerprint density at radius 3 is 2.48 bits per heavy atom. The summed E-state index contributed by atoms with van der Waals surface area (Å²) in [6.45, 7) is 2.08. The summed E-state index contributed by atoms with van der Waals surface area (Å²) < 4.78 is 5.70. The molecule has 0 unspecified atom stereocenters. The Morgan fingerprint density at radius 2 is 1.78 bits per heavy atom. The molecule has 0 spiro atoms. The first-order valence-corrected chi connectivity index (χ1v) is 7.78. The standard InChI is InChI=1S/C19H18N2O2/c20-13-17-5-1-2-6-18(17)23-14-15-7-9-16(10-8-15)19(22)21-11-3-4-12-21/h1-2,5-10H,3-4,11-12,14H2. The normalized spacial score (nSPS) is 13.6. The Labute approximate surface area is 135 Å². The van der Waals surface area contributed by atoms with E-state index in [0.29, 0.717) is 23.5 Å². The van der Waals surface area contributed by atoms with Crippen LogP contribution in [0.15, 0.2) is 48.5 Å². The second-order valence-corrected chi connectivity index (χ2v) is 5.59. The Hall–Kier alpha value is -2.80. The van der Waals surface area contributed by atoms with E-state index in [1.54, 1.807) is 12.1 Å². The fourth-order valence-corrected chi connectivity index (χ4v) is 2.69. The molecule has 116 valence electrons. The molecule has 3 rings (SSSR count). The molecule has 0 saturated carbocycles. The highest BCUT2D eigenvalue weighted by Gasteiger charge is 2.19. The van der Waals surface area contributed by atoms with E-state index in [1.807, 2.05) is 41.3 Å². The maximum atomic E-state index is 12.3. The minimum absolute atomic E-state index is 0.102. The van der Waals surface area contributed by atoms with Crippen LogP contribution >= 0.6 is 0 Å². The maximum absolute atomic E-state index is 12.3. The van der Waals surface area contributed by atoms with Gasteiger partial charge in [-0.2, -0.15) is 5.26 Å². The molecule has 1 heterocycles. The summed E-state index contributed by atoms with van der Waals surface area (Å²) in [5.41, 5.74) is 2.21. The minimum atomic E-state index is 0.102. The van der Waals surface area contributed by atoms with Crippen molar-refractivity contribution >= 4 is 5.91 Å². The molecular weight excluding hydrogens is 288 g/mol. The topological polar surface area (TPSA) is 53.3 Å². The molecule has 2 aromatic carbocycles.